The molecule has 0 aliphatic carbocycles. The smallest absolute Gasteiger partial charge is 0.335 e. The van der Waals surface area contributed by atoms with Crippen molar-refractivity contribution in [1.29, 1.82) is 0 Å². The van der Waals surface area contributed by atoms with E-state index in [1.807, 2.05) is 51.1 Å². The van der Waals surface area contributed by atoms with Crippen LogP contribution >= 0.6 is 0 Å². The van der Waals surface area contributed by atoms with E-state index in [9.17, 15) is 14.7 Å². The van der Waals surface area contributed by atoms with E-state index in [1.54, 1.807) is 18.2 Å². The summed E-state index contributed by atoms with van der Waals surface area (Å²) in [5.41, 5.74) is 4.23. The van der Waals surface area contributed by atoms with Crippen LogP contribution in [0.5, 0.6) is 5.88 Å². The van der Waals surface area contributed by atoms with Gasteiger partial charge in [-0.1, -0.05) is 24.3 Å². The van der Waals surface area contributed by atoms with Gasteiger partial charge in [0.2, 0.25) is 5.88 Å². The molecule has 1 aromatic heterocycles. The number of fused-ring (bicyclic) bond motifs is 1. The molecule has 4 rings (SSSR count). The lowest BCUT2D eigenvalue weighted by molar-refractivity contribution is 0.429. The number of aromatic nitrogens is 2. The third-order valence-electron chi connectivity index (χ3n) is 4.75. The Balaban J connectivity index is 1.97. The first kappa shape index (κ1) is 17.7. The Hall–Kier alpha value is -3.67. The molecule has 0 saturated carbocycles. The third kappa shape index (κ3) is 2.89. The van der Waals surface area contributed by atoms with Crippen LogP contribution < -0.4 is 11.2 Å². The molecule has 0 saturated heterocycles. The Bertz CT molecular complexity index is 1270. The average Bonchev–Trinajstić information content (AvgIpc) is 2.92. The Morgan fingerprint density at radius 1 is 1.04 bits per heavy atom. The van der Waals surface area contributed by atoms with Crippen LogP contribution in [0.1, 0.15) is 29.2 Å². The van der Waals surface area contributed by atoms with Crippen molar-refractivity contribution < 1.29 is 5.11 Å². The number of aromatic hydroxyl groups is 1. The van der Waals surface area contributed by atoms with E-state index in [0.29, 0.717) is 5.69 Å². The standard InChI is InChI=1S/C22H19N3O3/c1-12-8-13(2)10-15(9-12)25-21(27)18(20(26)24-22(25)28)11-17-14(3)23-19-7-5-4-6-16(17)19/h4-11,27H,1-3H3,(H,24,26,28)/b17-11+. The molecule has 140 valence electrons. The van der Waals surface area contributed by atoms with E-state index in [4.69, 9.17) is 0 Å². The summed E-state index contributed by atoms with van der Waals surface area (Å²) in [7, 11) is 0. The maximum Gasteiger partial charge on any atom is 0.335 e. The van der Waals surface area contributed by atoms with Crippen LogP contribution in [0.15, 0.2) is 57.0 Å². The monoisotopic (exact) mass is 373 g/mol. The maximum absolute atomic E-state index is 12.5. The van der Waals surface area contributed by atoms with E-state index >= 15 is 0 Å². The van der Waals surface area contributed by atoms with Gasteiger partial charge in [-0.2, -0.15) is 0 Å². The molecule has 1 aliphatic heterocycles. The topological polar surface area (TPSA) is 87.4 Å². The number of hydrogen-bond donors (Lipinski definition) is 2. The Kier molecular flexibility index (Phi) is 4.11. The molecule has 0 radical (unpaired) electrons. The van der Waals surface area contributed by atoms with Gasteiger partial charge in [0.1, 0.15) is 5.56 Å². The number of H-pyrrole nitrogens is 1. The number of benzene rings is 2. The fourth-order valence-corrected chi connectivity index (χ4v) is 3.55. The Morgan fingerprint density at radius 2 is 1.71 bits per heavy atom. The van der Waals surface area contributed by atoms with Crippen molar-refractivity contribution in [3.8, 4) is 11.6 Å². The summed E-state index contributed by atoms with van der Waals surface area (Å²) < 4.78 is 1.11. The van der Waals surface area contributed by atoms with E-state index in [0.717, 1.165) is 38.2 Å². The molecule has 0 fully saturated rings. The third-order valence-corrected chi connectivity index (χ3v) is 4.75. The molecular weight excluding hydrogens is 354 g/mol. The average molecular weight is 373 g/mol. The van der Waals surface area contributed by atoms with Gasteiger partial charge in [-0.15, -0.1) is 0 Å². The fourth-order valence-electron chi connectivity index (χ4n) is 3.55. The Morgan fingerprint density at radius 3 is 2.43 bits per heavy atom. The number of aromatic amines is 1. The van der Waals surface area contributed by atoms with Crippen LogP contribution in [0.2, 0.25) is 0 Å². The highest BCUT2D eigenvalue weighted by atomic mass is 16.3. The van der Waals surface area contributed by atoms with Gasteiger partial charge in [-0.05, 0) is 56.2 Å². The van der Waals surface area contributed by atoms with Gasteiger partial charge < -0.3 is 5.11 Å². The second kappa shape index (κ2) is 6.49. The summed E-state index contributed by atoms with van der Waals surface area (Å²) in [6.45, 7) is 5.65. The van der Waals surface area contributed by atoms with E-state index in [2.05, 4.69) is 9.98 Å². The quantitative estimate of drug-likeness (QED) is 0.721. The van der Waals surface area contributed by atoms with Crippen LogP contribution in [0.25, 0.3) is 17.3 Å². The summed E-state index contributed by atoms with van der Waals surface area (Å²) in [6.07, 6.45) is 1.58. The molecule has 2 aromatic carbocycles. The molecule has 0 bridgehead atoms. The zero-order valence-electron chi connectivity index (χ0n) is 15.8. The molecule has 6 heteroatoms. The predicted octanol–water partition coefficient (Wildman–Crippen LogP) is 3.49. The van der Waals surface area contributed by atoms with Gasteiger partial charge in [0.15, 0.2) is 0 Å². The largest absolute Gasteiger partial charge is 0.494 e. The predicted molar refractivity (Wildman–Crippen MR) is 111 cm³/mol. The van der Waals surface area contributed by atoms with Crippen molar-refractivity contribution in [1.82, 2.24) is 9.55 Å². The zero-order valence-corrected chi connectivity index (χ0v) is 15.8. The summed E-state index contributed by atoms with van der Waals surface area (Å²) in [5.74, 6) is -0.400. The van der Waals surface area contributed by atoms with E-state index < -0.39 is 17.1 Å². The number of nitrogens with zero attached hydrogens (tertiary/aromatic N) is 2. The molecule has 6 nitrogen and oxygen atoms in total. The van der Waals surface area contributed by atoms with Crippen LogP contribution in [0.3, 0.4) is 0 Å². The zero-order chi connectivity index (χ0) is 20.0. The van der Waals surface area contributed by atoms with Crippen molar-refractivity contribution in [2.75, 3.05) is 0 Å². The van der Waals surface area contributed by atoms with Gasteiger partial charge in [-0.3, -0.25) is 14.8 Å². The van der Waals surface area contributed by atoms with Crippen molar-refractivity contribution in [2.45, 2.75) is 20.8 Å². The molecule has 3 aromatic rings. The highest BCUT2D eigenvalue weighted by molar-refractivity contribution is 6.31. The second-order valence-electron chi connectivity index (χ2n) is 6.95. The van der Waals surface area contributed by atoms with Crippen molar-refractivity contribution >= 4 is 23.0 Å². The van der Waals surface area contributed by atoms with Crippen molar-refractivity contribution in [3.63, 3.8) is 0 Å². The number of para-hydroxylation sites is 1. The summed E-state index contributed by atoms with van der Waals surface area (Å²) in [6, 6.07) is 13.1. The summed E-state index contributed by atoms with van der Waals surface area (Å²) >= 11 is 0. The van der Waals surface area contributed by atoms with Gasteiger partial charge in [0.25, 0.3) is 5.56 Å². The second-order valence-corrected chi connectivity index (χ2v) is 6.95. The fraction of sp³-hybridized carbons (Fsp3) is 0.136. The summed E-state index contributed by atoms with van der Waals surface area (Å²) in [5, 5.41) is 10.8. The first-order valence-corrected chi connectivity index (χ1v) is 8.89. The highest BCUT2D eigenvalue weighted by Crippen LogP contribution is 2.36. The number of nitrogens with one attached hydrogen (secondary N) is 1. The molecule has 28 heavy (non-hydrogen) atoms. The number of aliphatic imine (C=N–C) groups is 1. The minimum absolute atomic E-state index is 0.0139. The molecule has 2 heterocycles. The van der Waals surface area contributed by atoms with Crippen LogP contribution in [-0.2, 0) is 0 Å². The van der Waals surface area contributed by atoms with Crippen LogP contribution in [0.4, 0.5) is 5.69 Å². The van der Waals surface area contributed by atoms with Gasteiger partial charge in [0.05, 0.1) is 11.4 Å². The number of hydrogen-bond acceptors (Lipinski definition) is 4. The van der Waals surface area contributed by atoms with E-state index in [-0.39, 0.29) is 5.56 Å². The molecule has 1 aliphatic rings. The SMILES string of the molecule is CC1=Nc2ccccc2/C1=C/c1c(O)n(-c2cc(C)cc(C)c2)c(=O)[nH]c1=O. The van der Waals surface area contributed by atoms with Crippen LogP contribution in [-0.4, -0.2) is 20.4 Å². The van der Waals surface area contributed by atoms with Crippen LogP contribution in [0, 0.1) is 13.8 Å². The van der Waals surface area contributed by atoms with Crippen molar-refractivity contribution in [2.24, 2.45) is 4.99 Å². The number of allylic oxidation sites excluding steroid dienone is 1. The lowest BCUT2D eigenvalue weighted by Crippen LogP contribution is -2.30. The lowest BCUT2D eigenvalue weighted by atomic mass is 10.0. The number of aryl methyl sites for hydroxylation is 2. The van der Waals surface area contributed by atoms with E-state index in [1.165, 1.54) is 0 Å². The first-order valence-electron chi connectivity index (χ1n) is 8.89. The van der Waals surface area contributed by atoms with Gasteiger partial charge in [0, 0.05) is 16.8 Å². The Labute approximate surface area is 161 Å². The number of rotatable bonds is 2. The first-order chi connectivity index (χ1) is 13.3. The molecule has 0 atom stereocenters. The normalized spacial score (nSPS) is 14.2. The molecular formula is C22H19N3O3. The molecule has 0 amide bonds. The minimum atomic E-state index is -0.688. The maximum atomic E-state index is 12.5. The van der Waals surface area contributed by atoms with Gasteiger partial charge >= 0.3 is 5.69 Å². The van der Waals surface area contributed by atoms with Gasteiger partial charge in [-0.25, -0.2) is 9.36 Å². The van der Waals surface area contributed by atoms with Crippen molar-refractivity contribution in [3.05, 3.63) is 85.6 Å². The molecule has 0 unspecified atom stereocenters. The highest BCUT2D eigenvalue weighted by Gasteiger charge is 2.20. The molecule has 2 N–H and O–H groups in total. The summed E-state index contributed by atoms with van der Waals surface area (Å²) in [4.78, 5) is 31.7. The lowest BCUT2D eigenvalue weighted by Gasteiger charge is -2.12. The minimum Gasteiger partial charge on any atom is -0.494 e. The molecule has 0 spiro atoms.